The molecule has 0 spiro atoms. The van der Waals surface area contributed by atoms with E-state index in [4.69, 9.17) is 4.74 Å². The first-order valence-electron chi connectivity index (χ1n) is 10.3. The third-order valence-corrected chi connectivity index (χ3v) is 5.45. The van der Waals surface area contributed by atoms with Crippen molar-refractivity contribution in [3.05, 3.63) is 60.4 Å². The Morgan fingerprint density at radius 1 is 1.26 bits per heavy atom. The molecular formula is C22H26N6O3. The predicted molar refractivity (Wildman–Crippen MR) is 115 cm³/mol. The Morgan fingerprint density at radius 2 is 2.13 bits per heavy atom. The minimum absolute atomic E-state index is 0.0481. The molecule has 2 amide bonds. The van der Waals surface area contributed by atoms with E-state index in [2.05, 4.69) is 25.7 Å². The Labute approximate surface area is 180 Å². The van der Waals surface area contributed by atoms with E-state index < -0.39 is 12.1 Å². The highest BCUT2D eigenvalue weighted by molar-refractivity contribution is 5.89. The van der Waals surface area contributed by atoms with E-state index in [0.717, 1.165) is 17.9 Å². The molecule has 2 aromatic heterocycles. The van der Waals surface area contributed by atoms with Gasteiger partial charge in [0.2, 0.25) is 0 Å². The fraction of sp³-hybridized carbons (Fsp3) is 0.364. The van der Waals surface area contributed by atoms with Crippen molar-refractivity contribution in [2.75, 3.05) is 12.4 Å². The third kappa shape index (κ3) is 4.83. The number of nitrogens with one attached hydrogen (secondary N) is 2. The SMILES string of the molecule is COc1cccc(NC(=O)N[C@@H]2C[C@@H](c3nc(C)nn3-c3cccnc3)CC[C@H]2O)c1. The summed E-state index contributed by atoms with van der Waals surface area (Å²) in [7, 11) is 1.57. The van der Waals surface area contributed by atoms with Gasteiger partial charge in [-0.15, -0.1) is 0 Å². The number of amides is 2. The van der Waals surface area contributed by atoms with Crippen molar-refractivity contribution in [3.63, 3.8) is 0 Å². The summed E-state index contributed by atoms with van der Waals surface area (Å²) in [6, 6.07) is 10.1. The number of aliphatic hydroxyl groups is 1. The molecule has 162 valence electrons. The van der Waals surface area contributed by atoms with Crippen LogP contribution < -0.4 is 15.4 Å². The molecule has 31 heavy (non-hydrogen) atoms. The molecule has 3 aromatic rings. The molecule has 0 saturated heterocycles. The summed E-state index contributed by atoms with van der Waals surface area (Å²) in [6.45, 7) is 1.85. The fourth-order valence-corrected chi connectivity index (χ4v) is 3.95. The first-order chi connectivity index (χ1) is 15.0. The molecule has 0 radical (unpaired) electrons. The monoisotopic (exact) mass is 422 g/mol. The lowest BCUT2D eigenvalue weighted by Gasteiger charge is -2.33. The maximum Gasteiger partial charge on any atom is 0.319 e. The number of hydrogen-bond donors (Lipinski definition) is 3. The topological polar surface area (TPSA) is 114 Å². The maximum absolute atomic E-state index is 12.5. The summed E-state index contributed by atoms with van der Waals surface area (Å²) < 4.78 is 6.99. The van der Waals surface area contributed by atoms with Gasteiger partial charge < -0.3 is 20.5 Å². The first-order valence-corrected chi connectivity index (χ1v) is 10.3. The van der Waals surface area contributed by atoms with Crippen molar-refractivity contribution >= 4 is 11.7 Å². The molecule has 2 heterocycles. The lowest BCUT2D eigenvalue weighted by molar-refractivity contribution is 0.0864. The predicted octanol–water partition coefficient (Wildman–Crippen LogP) is 2.80. The summed E-state index contributed by atoms with van der Waals surface area (Å²) in [5.74, 6) is 2.19. The molecule has 9 heteroatoms. The van der Waals surface area contributed by atoms with Crippen LogP contribution in [0.5, 0.6) is 5.75 Å². The number of urea groups is 1. The average molecular weight is 422 g/mol. The molecule has 3 N–H and O–H groups in total. The van der Waals surface area contributed by atoms with Crippen LogP contribution in [-0.4, -0.2) is 50.1 Å². The summed E-state index contributed by atoms with van der Waals surface area (Å²) in [4.78, 5) is 21.4. The minimum atomic E-state index is -0.622. The fourth-order valence-electron chi connectivity index (χ4n) is 3.95. The molecule has 0 unspecified atom stereocenters. The molecular weight excluding hydrogens is 396 g/mol. The van der Waals surface area contributed by atoms with E-state index >= 15 is 0 Å². The van der Waals surface area contributed by atoms with Gasteiger partial charge in [-0.1, -0.05) is 6.07 Å². The summed E-state index contributed by atoms with van der Waals surface area (Å²) in [5.41, 5.74) is 1.45. The van der Waals surface area contributed by atoms with Gasteiger partial charge in [-0.05, 0) is 50.5 Å². The summed E-state index contributed by atoms with van der Waals surface area (Å²) >= 11 is 0. The largest absolute Gasteiger partial charge is 0.497 e. The zero-order valence-corrected chi connectivity index (χ0v) is 17.5. The molecule has 4 rings (SSSR count). The van der Waals surface area contributed by atoms with Crippen molar-refractivity contribution in [1.82, 2.24) is 25.1 Å². The number of anilines is 1. The quantitative estimate of drug-likeness (QED) is 0.583. The van der Waals surface area contributed by atoms with Crippen LogP contribution >= 0.6 is 0 Å². The number of methoxy groups -OCH3 is 1. The number of aromatic nitrogens is 4. The Bertz CT molecular complexity index is 1040. The van der Waals surface area contributed by atoms with Gasteiger partial charge in [0.05, 0.1) is 31.1 Å². The zero-order chi connectivity index (χ0) is 21.8. The summed E-state index contributed by atoms with van der Waals surface area (Å²) in [6.07, 6.45) is 4.72. The Kier molecular flexibility index (Phi) is 6.13. The number of aliphatic hydroxyl groups excluding tert-OH is 1. The van der Waals surface area contributed by atoms with Crippen LogP contribution in [0.2, 0.25) is 0 Å². The van der Waals surface area contributed by atoms with Crippen molar-refractivity contribution in [2.45, 2.75) is 44.2 Å². The molecule has 1 aliphatic carbocycles. The third-order valence-electron chi connectivity index (χ3n) is 5.45. The van der Waals surface area contributed by atoms with Crippen molar-refractivity contribution in [3.8, 4) is 11.4 Å². The minimum Gasteiger partial charge on any atom is -0.497 e. The molecule has 3 atom stereocenters. The lowest BCUT2D eigenvalue weighted by Crippen LogP contribution is -2.48. The number of rotatable bonds is 5. The molecule has 1 saturated carbocycles. The smallest absolute Gasteiger partial charge is 0.319 e. The second kappa shape index (κ2) is 9.13. The number of pyridine rings is 1. The average Bonchev–Trinajstić information content (AvgIpc) is 3.17. The maximum atomic E-state index is 12.5. The van der Waals surface area contributed by atoms with E-state index in [1.807, 2.05) is 19.1 Å². The number of aryl methyl sites for hydroxylation is 1. The lowest BCUT2D eigenvalue weighted by atomic mass is 9.83. The zero-order valence-electron chi connectivity index (χ0n) is 17.5. The molecule has 0 bridgehead atoms. The number of carbonyl (C=O) groups excluding carboxylic acids is 1. The van der Waals surface area contributed by atoms with E-state index in [9.17, 15) is 9.90 Å². The molecule has 0 aliphatic heterocycles. The van der Waals surface area contributed by atoms with Crippen molar-refractivity contribution in [1.29, 1.82) is 0 Å². The molecule has 1 fully saturated rings. The van der Waals surface area contributed by atoms with Gasteiger partial charge in [-0.25, -0.2) is 14.5 Å². The highest BCUT2D eigenvalue weighted by Gasteiger charge is 2.34. The van der Waals surface area contributed by atoms with Gasteiger partial charge in [0, 0.05) is 23.9 Å². The molecule has 1 aromatic carbocycles. The van der Waals surface area contributed by atoms with Crippen molar-refractivity contribution < 1.29 is 14.6 Å². The van der Waals surface area contributed by atoms with E-state index in [1.165, 1.54) is 0 Å². The molecule has 9 nitrogen and oxygen atoms in total. The Balaban J connectivity index is 1.47. The van der Waals surface area contributed by atoms with Crippen LogP contribution in [0.15, 0.2) is 48.8 Å². The second-order valence-corrected chi connectivity index (χ2v) is 7.65. The van der Waals surface area contributed by atoms with Crippen LogP contribution in [0.25, 0.3) is 5.69 Å². The Morgan fingerprint density at radius 3 is 2.90 bits per heavy atom. The van der Waals surface area contributed by atoms with E-state index in [-0.39, 0.29) is 11.9 Å². The van der Waals surface area contributed by atoms with Gasteiger partial charge in [-0.2, -0.15) is 5.10 Å². The van der Waals surface area contributed by atoms with Crippen LogP contribution in [0.4, 0.5) is 10.5 Å². The number of nitrogens with zero attached hydrogens (tertiary/aromatic N) is 4. The van der Waals surface area contributed by atoms with E-state index in [0.29, 0.717) is 30.1 Å². The second-order valence-electron chi connectivity index (χ2n) is 7.65. The van der Waals surface area contributed by atoms with Gasteiger partial charge in [0.1, 0.15) is 17.4 Å². The van der Waals surface area contributed by atoms with Gasteiger partial charge in [0.25, 0.3) is 0 Å². The number of carbonyl (C=O) groups is 1. The molecule has 1 aliphatic rings. The van der Waals surface area contributed by atoms with Crippen LogP contribution in [-0.2, 0) is 0 Å². The van der Waals surface area contributed by atoms with Crippen LogP contribution in [0.3, 0.4) is 0 Å². The van der Waals surface area contributed by atoms with Gasteiger partial charge >= 0.3 is 6.03 Å². The normalized spacial score (nSPS) is 20.8. The van der Waals surface area contributed by atoms with Crippen LogP contribution in [0.1, 0.15) is 36.8 Å². The van der Waals surface area contributed by atoms with E-state index in [1.54, 1.807) is 48.5 Å². The van der Waals surface area contributed by atoms with Crippen LogP contribution in [0, 0.1) is 6.92 Å². The number of hydrogen-bond acceptors (Lipinski definition) is 6. The van der Waals surface area contributed by atoms with Gasteiger partial charge in [0.15, 0.2) is 0 Å². The highest BCUT2D eigenvalue weighted by atomic mass is 16.5. The first kappa shape index (κ1) is 20.8. The number of ether oxygens (including phenoxy) is 1. The standard InChI is InChI=1S/C22H26N6O3/c1-14-24-21(28(27-14)17-6-4-10-23-13-17)15-8-9-20(29)19(11-15)26-22(30)25-16-5-3-7-18(12-16)31-2/h3-7,10,12-13,15,19-20,29H,8-9,11H2,1-2H3,(H2,25,26,30)/t15-,19+,20+/m0/s1. The summed E-state index contributed by atoms with van der Waals surface area (Å²) in [5, 5.41) is 20.7. The number of benzene rings is 1. The Hall–Kier alpha value is -3.46. The van der Waals surface area contributed by atoms with Crippen molar-refractivity contribution in [2.24, 2.45) is 0 Å². The van der Waals surface area contributed by atoms with Gasteiger partial charge in [-0.3, -0.25) is 4.98 Å². The highest BCUT2D eigenvalue weighted by Crippen LogP contribution is 2.33.